The van der Waals surface area contributed by atoms with E-state index in [1.165, 1.54) is 0 Å². The minimum atomic E-state index is 0.666. The molecular weight excluding hydrogens is 326 g/mol. The second kappa shape index (κ2) is 7.35. The highest BCUT2D eigenvalue weighted by atomic mass is 15.4. The van der Waals surface area contributed by atoms with Crippen LogP contribution < -0.4 is 15.1 Å². The van der Waals surface area contributed by atoms with Crippen LogP contribution in [0, 0.1) is 0 Å². The van der Waals surface area contributed by atoms with Crippen LogP contribution in [-0.2, 0) is 0 Å². The Kier molecular flexibility index (Phi) is 4.59. The van der Waals surface area contributed by atoms with E-state index in [1.54, 1.807) is 12.4 Å². The maximum Gasteiger partial charge on any atom is 0.228 e. The normalized spacial score (nSPS) is 14.5. The molecular formula is C19H21N7. The van der Waals surface area contributed by atoms with Gasteiger partial charge < -0.3 is 15.1 Å². The van der Waals surface area contributed by atoms with E-state index in [1.807, 2.05) is 36.4 Å². The summed E-state index contributed by atoms with van der Waals surface area (Å²) in [5.41, 5.74) is 0.942. The molecule has 2 aromatic heterocycles. The zero-order chi connectivity index (χ0) is 17.8. The molecule has 0 unspecified atom stereocenters. The zero-order valence-corrected chi connectivity index (χ0v) is 14.5. The molecule has 0 spiro atoms. The van der Waals surface area contributed by atoms with Gasteiger partial charge in [-0.15, -0.1) is 6.58 Å². The number of nitrogens with one attached hydrogen (secondary N) is 1. The molecule has 0 bridgehead atoms. The topological polar surface area (TPSA) is 70.1 Å². The Hall–Kier alpha value is -3.22. The van der Waals surface area contributed by atoms with Crippen molar-refractivity contribution in [3.05, 3.63) is 55.4 Å². The number of hydrogen-bond acceptors (Lipinski definition) is 7. The standard InChI is InChI=1S/C19H21N7/c1-2-8-20-17-15-6-3-4-7-16(15)23-19(24-17)26-13-11-25(12-14-26)18-21-9-5-10-22-18/h2-7,9-10H,1,8,11-14H2,(H,20,23,24). The summed E-state index contributed by atoms with van der Waals surface area (Å²) in [6, 6.07) is 9.90. The van der Waals surface area contributed by atoms with Gasteiger partial charge in [-0.05, 0) is 18.2 Å². The first kappa shape index (κ1) is 16.3. The van der Waals surface area contributed by atoms with Crippen molar-refractivity contribution in [1.29, 1.82) is 0 Å². The van der Waals surface area contributed by atoms with Gasteiger partial charge in [0, 0.05) is 50.5 Å². The number of nitrogens with zero attached hydrogens (tertiary/aromatic N) is 6. The number of anilines is 3. The molecule has 7 heteroatoms. The minimum absolute atomic E-state index is 0.666. The van der Waals surface area contributed by atoms with Crippen LogP contribution >= 0.6 is 0 Å². The Morgan fingerprint density at radius 3 is 2.35 bits per heavy atom. The SMILES string of the molecule is C=CCNc1nc(N2CCN(c3ncccn3)CC2)nc2ccccc12. The molecule has 26 heavy (non-hydrogen) atoms. The van der Waals surface area contributed by atoms with Crippen LogP contribution in [0.4, 0.5) is 17.7 Å². The average Bonchev–Trinajstić information content (AvgIpc) is 2.72. The van der Waals surface area contributed by atoms with Gasteiger partial charge in [0.05, 0.1) is 5.52 Å². The molecule has 0 saturated carbocycles. The Bertz CT molecular complexity index is 889. The fourth-order valence-corrected chi connectivity index (χ4v) is 3.07. The molecule has 1 aromatic carbocycles. The molecule has 1 saturated heterocycles. The monoisotopic (exact) mass is 347 g/mol. The summed E-state index contributed by atoms with van der Waals surface area (Å²) < 4.78 is 0. The summed E-state index contributed by atoms with van der Waals surface area (Å²) in [5, 5.41) is 4.35. The van der Waals surface area contributed by atoms with E-state index in [0.29, 0.717) is 6.54 Å². The summed E-state index contributed by atoms with van der Waals surface area (Å²) in [6.45, 7) is 7.79. The molecule has 0 amide bonds. The Labute approximate surface area is 152 Å². The molecule has 1 fully saturated rings. The molecule has 3 heterocycles. The van der Waals surface area contributed by atoms with E-state index >= 15 is 0 Å². The van der Waals surface area contributed by atoms with Crippen molar-refractivity contribution in [2.24, 2.45) is 0 Å². The van der Waals surface area contributed by atoms with Gasteiger partial charge in [-0.25, -0.2) is 15.0 Å². The van der Waals surface area contributed by atoms with Crippen molar-refractivity contribution in [3.63, 3.8) is 0 Å². The minimum Gasteiger partial charge on any atom is -0.366 e. The van der Waals surface area contributed by atoms with E-state index in [-0.39, 0.29) is 0 Å². The lowest BCUT2D eigenvalue weighted by Gasteiger charge is -2.34. The third-order valence-corrected chi connectivity index (χ3v) is 4.40. The molecule has 0 atom stereocenters. The van der Waals surface area contributed by atoms with Gasteiger partial charge in [-0.2, -0.15) is 4.98 Å². The van der Waals surface area contributed by atoms with Crippen molar-refractivity contribution in [2.75, 3.05) is 47.8 Å². The van der Waals surface area contributed by atoms with Crippen molar-refractivity contribution in [2.45, 2.75) is 0 Å². The lowest BCUT2D eigenvalue weighted by atomic mass is 10.2. The second-order valence-electron chi connectivity index (χ2n) is 6.08. The van der Waals surface area contributed by atoms with Gasteiger partial charge in [0.25, 0.3) is 0 Å². The number of piperazine rings is 1. The highest BCUT2D eigenvalue weighted by molar-refractivity contribution is 5.90. The largest absolute Gasteiger partial charge is 0.366 e. The van der Waals surface area contributed by atoms with Gasteiger partial charge in [0.15, 0.2) is 0 Å². The molecule has 4 rings (SSSR count). The maximum atomic E-state index is 4.77. The van der Waals surface area contributed by atoms with Gasteiger partial charge in [-0.3, -0.25) is 0 Å². The first-order chi connectivity index (χ1) is 12.8. The lowest BCUT2D eigenvalue weighted by molar-refractivity contribution is 0.629. The highest BCUT2D eigenvalue weighted by Gasteiger charge is 2.21. The second-order valence-corrected chi connectivity index (χ2v) is 6.08. The quantitative estimate of drug-likeness (QED) is 0.710. The molecule has 1 aliphatic heterocycles. The van der Waals surface area contributed by atoms with E-state index in [2.05, 4.69) is 31.7 Å². The fourth-order valence-electron chi connectivity index (χ4n) is 3.07. The lowest BCUT2D eigenvalue weighted by Crippen LogP contribution is -2.47. The predicted molar refractivity (Wildman–Crippen MR) is 105 cm³/mol. The summed E-state index contributed by atoms with van der Waals surface area (Å²) >= 11 is 0. The van der Waals surface area contributed by atoms with Crippen molar-refractivity contribution in [3.8, 4) is 0 Å². The number of rotatable bonds is 5. The van der Waals surface area contributed by atoms with Crippen molar-refractivity contribution in [1.82, 2.24) is 19.9 Å². The number of hydrogen-bond donors (Lipinski definition) is 1. The summed E-state index contributed by atoms with van der Waals surface area (Å²) in [6.07, 6.45) is 5.38. The Balaban J connectivity index is 1.56. The van der Waals surface area contributed by atoms with Crippen molar-refractivity contribution >= 4 is 28.6 Å². The number of benzene rings is 1. The molecule has 0 aliphatic carbocycles. The van der Waals surface area contributed by atoms with Gasteiger partial charge in [0.2, 0.25) is 11.9 Å². The zero-order valence-electron chi connectivity index (χ0n) is 14.5. The summed E-state index contributed by atoms with van der Waals surface area (Å²) in [5.74, 6) is 2.38. The van der Waals surface area contributed by atoms with Crippen LogP contribution in [0.5, 0.6) is 0 Å². The molecule has 1 N–H and O–H groups in total. The van der Waals surface area contributed by atoms with Gasteiger partial charge in [0.1, 0.15) is 5.82 Å². The average molecular weight is 347 g/mol. The Morgan fingerprint density at radius 1 is 0.923 bits per heavy atom. The summed E-state index contributed by atoms with van der Waals surface area (Å²) in [4.78, 5) is 22.6. The molecule has 3 aromatic rings. The third-order valence-electron chi connectivity index (χ3n) is 4.40. The Morgan fingerprint density at radius 2 is 1.62 bits per heavy atom. The van der Waals surface area contributed by atoms with Gasteiger partial charge >= 0.3 is 0 Å². The molecule has 132 valence electrons. The molecule has 1 aliphatic rings. The van der Waals surface area contributed by atoms with Crippen molar-refractivity contribution < 1.29 is 0 Å². The number of para-hydroxylation sites is 1. The predicted octanol–water partition coefficient (Wildman–Crippen LogP) is 2.34. The first-order valence-corrected chi connectivity index (χ1v) is 8.73. The van der Waals surface area contributed by atoms with E-state index < -0.39 is 0 Å². The molecule has 7 nitrogen and oxygen atoms in total. The molecule has 0 radical (unpaired) electrons. The maximum absolute atomic E-state index is 4.77. The van der Waals surface area contributed by atoms with Gasteiger partial charge in [-0.1, -0.05) is 18.2 Å². The number of fused-ring (bicyclic) bond motifs is 1. The third kappa shape index (κ3) is 3.28. The smallest absolute Gasteiger partial charge is 0.228 e. The van der Waals surface area contributed by atoms with Crippen LogP contribution in [-0.4, -0.2) is 52.7 Å². The van der Waals surface area contributed by atoms with E-state index in [4.69, 9.17) is 9.97 Å². The fraction of sp³-hybridized carbons (Fsp3) is 0.263. The number of aromatic nitrogens is 4. The highest BCUT2D eigenvalue weighted by Crippen LogP contribution is 2.24. The van der Waals surface area contributed by atoms with Crippen LogP contribution in [0.3, 0.4) is 0 Å². The summed E-state index contributed by atoms with van der Waals surface area (Å²) in [7, 11) is 0. The first-order valence-electron chi connectivity index (χ1n) is 8.73. The van der Waals surface area contributed by atoms with Crippen LogP contribution in [0.15, 0.2) is 55.4 Å². The van der Waals surface area contributed by atoms with Crippen LogP contribution in [0.25, 0.3) is 10.9 Å². The van der Waals surface area contributed by atoms with E-state index in [9.17, 15) is 0 Å². The van der Waals surface area contributed by atoms with Crippen LogP contribution in [0.1, 0.15) is 0 Å². The van der Waals surface area contributed by atoms with Crippen LogP contribution in [0.2, 0.25) is 0 Å². The van der Waals surface area contributed by atoms with E-state index in [0.717, 1.165) is 54.8 Å².